The standard InChI is InChI=1S/C46H59N7O7/c1-5-33(25-49-52-45(57)48-24-30-19-21-32(22-20-30)42(54)47-4)50-43(55)40-23-34(59-27-31-13-7-6-8-14-31)26-53(40)44(56)41(29(2)3)51-46(58)60-28-39-37-17-11-9-15-35(37)36-16-10-12-18-38(36)39/h6-18,25,29-30,32-34,39-41H,5,19-24,26-28H2,1-4H3,(H,47,54)(H,50,55)(H,51,58)(H2,48,52,57)/b49-25+/t30?,32?,33-,34+,40-,41-/m0/s1. The molecule has 6 rings (SSSR count). The maximum atomic E-state index is 14.4. The molecule has 1 saturated heterocycles. The molecule has 5 N–H and O–H groups in total. The minimum Gasteiger partial charge on any atom is -0.449 e. The van der Waals surface area contributed by atoms with Gasteiger partial charge in [0.25, 0.3) is 0 Å². The van der Waals surface area contributed by atoms with Gasteiger partial charge in [0.15, 0.2) is 0 Å². The second-order valence-electron chi connectivity index (χ2n) is 16.3. The predicted octanol–water partition coefficient (Wildman–Crippen LogP) is 5.47. The minimum atomic E-state index is -0.971. The van der Waals surface area contributed by atoms with Gasteiger partial charge in [-0.3, -0.25) is 14.4 Å². The molecule has 0 aromatic heterocycles. The quantitative estimate of drug-likeness (QED) is 0.0940. The summed E-state index contributed by atoms with van der Waals surface area (Å²) in [7, 11) is 1.65. The lowest BCUT2D eigenvalue weighted by molar-refractivity contribution is -0.141. The molecular formula is C46H59N7O7. The van der Waals surface area contributed by atoms with Crippen molar-refractivity contribution in [3.63, 3.8) is 0 Å². The summed E-state index contributed by atoms with van der Waals surface area (Å²) >= 11 is 0. The molecule has 0 spiro atoms. The Morgan fingerprint density at radius 2 is 1.50 bits per heavy atom. The Bertz CT molecular complexity index is 1940. The number of carbonyl (C=O) groups is 5. The first-order valence-electron chi connectivity index (χ1n) is 21.2. The van der Waals surface area contributed by atoms with Crippen LogP contribution in [0.2, 0.25) is 0 Å². The molecule has 2 fully saturated rings. The highest BCUT2D eigenvalue weighted by molar-refractivity contribution is 5.93. The molecule has 320 valence electrons. The van der Waals surface area contributed by atoms with Gasteiger partial charge in [0, 0.05) is 44.6 Å². The molecule has 6 amide bonds. The third-order valence-corrected chi connectivity index (χ3v) is 11.9. The molecule has 60 heavy (non-hydrogen) atoms. The van der Waals surface area contributed by atoms with Crippen molar-refractivity contribution in [2.75, 3.05) is 26.7 Å². The van der Waals surface area contributed by atoms with Gasteiger partial charge in [-0.15, -0.1) is 0 Å². The summed E-state index contributed by atoms with van der Waals surface area (Å²) in [6, 6.07) is 23.0. The zero-order valence-corrected chi connectivity index (χ0v) is 35.0. The first-order valence-corrected chi connectivity index (χ1v) is 21.2. The number of nitrogens with one attached hydrogen (secondary N) is 5. The molecule has 1 saturated carbocycles. The van der Waals surface area contributed by atoms with Crippen molar-refractivity contribution in [2.45, 2.75) is 96.1 Å². The fourth-order valence-corrected chi connectivity index (χ4v) is 8.48. The zero-order chi connectivity index (χ0) is 42.6. The van der Waals surface area contributed by atoms with Gasteiger partial charge in [-0.05, 0) is 71.8 Å². The van der Waals surface area contributed by atoms with Gasteiger partial charge in [-0.25, -0.2) is 15.0 Å². The Morgan fingerprint density at radius 3 is 2.13 bits per heavy atom. The molecule has 0 radical (unpaired) electrons. The van der Waals surface area contributed by atoms with E-state index in [1.807, 2.05) is 87.5 Å². The summed E-state index contributed by atoms with van der Waals surface area (Å²) in [5.74, 6) is -0.897. The van der Waals surface area contributed by atoms with Gasteiger partial charge >= 0.3 is 12.1 Å². The molecule has 3 aromatic rings. The number of nitrogens with zero attached hydrogens (tertiary/aromatic N) is 2. The summed E-state index contributed by atoms with van der Waals surface area (Å²) in [5.41, 5.74) is 7.84. The van der Waals surface area contributed by atoms with Crippen LogP contribution in [0, 0.1) is 17.8 Å². The molecule has 1 heterocycles. The first-order chi connectivity index (χ1) is 29.1. The fraction of sp³-hybridized carbons (Fsp3) is 0.478. The van der Waals surface area contributed by atoms with Crippen molar-refractivity contribution >= 4 is 36.1 Å². The van der Waals surface area contributed by atoms with E-state index in [1.54, 1.807) is 7.05 Å². The van der Waals surface area contributed by atoms with Crippen molar-refractivity contribution < 1.29 is 33.4 Å². The number of carbonyl (C=O) groups excluding carboxylic acids is 5. The largest absolute Gasteiger partial charge is 0.449 e. The monoisotopic (exact) mass is 821 g/mol. The number of fused-ring (bicyclic) bond motifs is 3. The Labute approximate surface area is 352 Å². The van der Waals surface area contributed by atoms with Crippen molar-refractivity contribution in [3.8, 4) is 11.1 Å². The smallest absolute Gasteiger partial charge is 0.407 e. The van der Waals surface area contributed by atoms with Gasteiger partial charge in [0.2, 0.25) is 17.7 Å². The zero-order valence-electron chi connectivity index (χ0n) is 35.0. The summed E-state index contributed by atoms with van der Waals surface area (Å²) in [6.07, 6.45) is 4.33. The molecule has 3 aromatic carbocycles. The van der Waals surface area contributed by atoms with Crippen LogP contribution in [0.25, 0.3) is 11.1 Å². The molecule has 14 heteroatoms. The van der Waals surface area contributed by atoms with E-state index in [-0.39, 0.29) is 49.2 Å². The van der Waals surface area contributed by atoms with Crippen LogP contribution >= 0.6 is 0 Å². The lowest BCUT2D eigenvalue weighted by Crippen LogP contribution is -2.56. The van der Waals surface area contributed by atoms with E-state index in [4.69, 9.17) is 9.47 Å². The molecular weight excluding hydrogens is 763 g/mol. The van der Waals surface area contributed by atoms with Crippen molar-refractivity contribution in [3.05, 3.63) is 95.6 Å². The minimum absolute atomic E-state index is 0.0236. The van der Waals surface area contributed by atoms with E-state index in [9.17, 15) is 24.0 Å². The summed E-state index contributed by atoms with van der Waals surface area (Å²) in [6.45, 7) is 6.59. The van der Waals surface area contributed by atoms with Crippen molar-refractivity contribution in [1.82, 2.24) is 31.6 Å². The second kappa shape index (κ2) is 21.0. The molecule has 3 aliphatic rings. The number of alkyl carbamates (subject to hydrolysis) is 1. The molecule has 0 unspecified atom stereocenters. The number of hydrazone groups is 1. The van der Waals surface area contributed by atoms with Crippen LogP contribution in [0.5, 0.6) is 0 Å². The molecule has 0 bridgehead atoms. The Balaban J connectivity index is 1.06. The molecule has 14 nitrogen and oxygen atoms in total. The van der Waals surface area contributed by atoms with Gasteiger partial charge < -0.3 is 35.6 Å². The lowest BCUT2D eigenvalue weighted by Gasteiger charge is -2.30. The van der Waals surface area contributed by atoms with E-state index < -0.39 is 48.2 Å². The number of urea groups is 1. The number of ether oxygens (including phenoxy) is 2. The van der Waals surface area contributed by atoms with Crippen molar-refractivity contribution in [2.24, 2.45) is 22.9 Å². The van der Waals surface area contributed by atoms with E-state index >= 15 is 0 Å². The van der Waals surface area contributed by atoms with Crippen LogP contribution in [0.15, 0.2) is 84.0 Å². The van der Waals surface area contributed by atoms with E-state index in [2.05, 4.69) is 43.9 Å². The third kappa shape index (κ3) is 11.1. The molecule has 2 aliphatic carbocycles. The normalized spacial score (nSPS) is 20.8. The number of likely N-dealkylation sites (tertiary alicyclic amines) is 1. The van der Waals surface area contributed by atoms with E-state index in [0.29, 0.717) is 19.6 Å². The SMILES string of the molecule is CC[C@@H](/C=N/NC(=O)NCC1CCC(C(=O)NC)CC1)NC(=O)[C@@H]1C[C@@H](OCc2ccccc2)CN1C(=O)[C@@H](NC(=O)OCC1c2ccccc2-c2ccccc21)C(C)C. The highest BCUT2D eigenvalue weighted by atomic mass is 16.5. The van der Waals surface area contributed by atoms with Crippen LogP contribution in [0.4, 0.5) is 9.59 Å². The van der Waals surface area contributed by atoms with Crippen molar-refractivity contribution in [1.29, 1.82) is 0 Å². The number of benzene rings is 3. The topological polar surface area (TPSA) is 180 Å². The van der Waals surface area contributed by atoms with Crippen LogP contribution in [-0.2, 0) is 30.5 Å². The number of hydrogen-bond donors (Lipinski definition) is 5. The summed E-state index contributed by atoms with van der Waals surface area (Å²) in [5, 5.41) is 15.5. The van der Waals surface area contributed by atoms with Gasteiger partial charge in [-0.1, -0.05) is 99.6 Å². The van der Waals surface area contributed by atoms with Crippen LogP contribution in [0.3, 0.4) is 0 Å². The number of rotatable bonds is 16. The van der Waals surface area contributed by atoms with Crippen LogP contribution in [-0.4, -0.2) is 91.9 Å². The number of hydrogen-bond acceptors (Lipinski definition) is 8. The van der Waals surface area contributed by atoms with Gasteiger partial charge in [-0.2, -0.15) is 5.10 Å². The second-order valence-corrected chi connectivity index (χ2v) is 16.3. The molecule has 4 atom stereocenters. The maximum Gasteiger partial charge on any atom is 0.407 e. The van der Waals surface area contributed by atoms with Crippen LogP contribution < -0.4 is 26.7 Å². The van der Waals surface area contributed by atoms with Gasteiger partial charge in [0.1, 0.15) is 18.7 Å². The fourth-order valence-electron chi connectivity index (χ4n) is 8.48. The van der Waals surface area contributed by atoms with Gasteiger partial charge in [0.05, 0.1) is 18.8 Å². The molecule has 1 aliphatic heterocycles. The summed E-state index contributed by atoms with van der Waals surface area (Å²) in [4.78, 5) is 67.8. The summed E-state index contributed by atoms with van der Waals surface area (Å²) < 4.78 is 12.1. The van der Waals surface area contributed by atoms with E-state index in [1.165, 1.54) is 11.1 Å². The van der Waals surface area contributed by atoms with E-state index in [0.717, 1.165) is 53.5 Å². The Hall–Kier alpha value is -5.76. The predicted molar refractivity (Wildman–Crippen MR) is 229 cm³/mol. The lowest BCUT2D eigenvalue weighted by atomic mass is 9.81. The Kier molecular flexibility index (Phi) is 15.3. The Morgan fingerprint density at radius 1 is 0.850 bits per heavy atom. The average molecular weight is 822 g/mol. The van der Waals surface area contributed by atoms with Crippen LogP contribution in [0.1, 0.15) is 81.9 Å². The highest BCUT2D eigenvalue weighted by Gasteiger charge is 2.44. The first kappa shape index (κ1) is 43.8. The average Bonchev–Trinajstić information content (AvgIpc) is 3.85. The highest BCUT2D eigenvalue weighted by Crippen LogP contribution is 2.44. The third-order valence-electron chi connectivity index (χ3n) is 11.9. The maximum absolute atomic E-state index is 14.4. The number of amides is 6.